The lowest BCUT2D eigenvalue weighted by Crippen LogP contribution is -2.02. The van der Waals surface area contributed by atoms with Crippen LogP contribution in [0.2, 0.25) is 4.34 Å². The smallest absolute Gasteiger partial charge is 0.335 e. The standard InChI is InChI=1S/C24H21ClN2O3S/c1-16-3-2-4-18(11-16)14-30-15-20-13-27(23(26-20)21-9-10-22(25)31-21)12-17-5-7-19(8-6-17)24(28)29/h2-11,13H,12,14-15H2,1H3,(H,28,29). The summed E-state index contributed by atoms with van der Waals surface area (Å²) in [5.41, 5.74) is 4.41. The first-order valence-corrected chi connectivity index (χ1v) is 10.9. The molecule has 0 radical (unpaired) electrons. The Morgan fingerprint density at radius 2 is 1.90 bits per heavy atom. The van der Waals surface area contributed by atoms with E-state index in [2.05, 4.69) is 19.1 Å². The summed E-state index contributed by atoms with van der Waals surface area (Å²) in [7, 11) is 0. The molecule has 0 aliphatic rings. The Balaban J connectivity index is 1.53. The number of nitrogens with zero attached hydrogens (tertiary/aromatic N) is 2. The van der Waals surface area contributed by atoms with Crippen LogP contribution in [0.5, 0.6) is 0 Å². The van der Waals surface area contributed by atoms with E-state index in [9.17, 15) is 4.79 Å². The number of thiophene rings is 1. The lowest BCUT2D eigenvalue weighted by Gasteiger charge is -2.07. The molecule has 4 aromatic rings. The molecule has 1 N–H and O–H groups in total. The molecule has 2 heterocycles. The molecule has 0 bridgehead atoms. The molecule has 7 heteroatoms. The molecule has 0 fully saturated rings. The van der Waals surface area contributed by atoms with Crippen LogP contribution in [0.1, 0.15) is 32.7 Å². The first-order chi connectivity index (χ1) is 15.0. The van der Waals surface area contributed by atoms with Crippen LogP contribution in [0.15, 0.2) is 66.9 Å². The zero-order valence-corrected chi connectivity index (χ0v) is 18.5. The fourth-order valence-electron chi connectivity index (χ4n) is 3.32. The van der Waals surface area contributed by atoms with Gasteiger partial charge in [0, 0.05) is 12.7 Å². The van der Waals surface area contributed by atoms with Gasteiger partial charge < -0.3 is 14.4 Å². The summed E-state index contributed by atoms with van der Waals surface area (Å²) < 4.78 is 8.65. The van der Waals surface area contributed by atoms with E-state index in [-0.39, 0.29) is 5.56 Å². The van der Waals surface area contributed by atoms with Crippen molar-refractivity contribution in [2.75, 3.05) is 0 Å². The average Bonchev–Trinajstić information content (AvgIpc) is 3.34. The number of carbonyl (C=O) groups is 1. The van der Waals surface area contributed by atoms with Crippen molar-refractivity contribution in [2.45, 2.75) is 26.7 Å². The molecule has 0 saturated heterocycles. The third kappa shape index (κ3) is 5.41. The maximum Gasteiger partial charge on any atom is 0.335 e. The predicted molar refractivity (Wildman–Crippen MR) is 123 cm³/mol. The van der Waals surface area contributed by atoms with Crippen LogP contribution in [0.3, 0.4) is 0 Å². The number of aromatic carboxylic acids is 1. The number of imidazole rings is 1. The molecule has 4 rings (SSSR count). The van der Waals surface area contributed by atoms with Crippen molar-refractivity contribution >= 4 is 28.9 Å². The molecule has 0 aliphatic carbocycles. The van der Waals surface area contributed by atoms with Gasteiger partial charge in [0.15, 0.2) is 5.82 Å². The van der Waals surface area contributed by atoms with Gasteiger partial charge in [-0.05, 0) is 42.3 Å². The molecule has 2 aromatic heterocycles. The number of hydrogen-bond acceptors (Lipinski definition) is 4. The van der Waals surface area contributed by atoms with Gasteiger partial charge >= 0.3 is 5.97 Å². The maximum absolute atomic E-state index is 11.1. The molecule has 0 spiro atoms. The Bertz CT molecular complexity index is 1200. The number of benzene rings is 2. The second-order valence-electron chi connectivity index (χ2n) is 7.27. The van der Waals surface area contributed by atoms with E-state index in [1.165, 1.54) is 16.9 Å². The largest absolute Gasteiger partial charge is 0.478 e. The highest BCUT2D eigenvalue weighted by Crippen LogP contribution is 2.31. The van der Waals surface area contributed by atoms with Crippen molar-refractivity contribution in [1.82, 2.24) is 9.55 Å². The van der Waals surface area contributed by atoms with E-state index in [1.54, 1.807) is 12.1 Å². The minimum absolute atomic E-state index is 0.268. The van der Waals surface area contributed by atoms with Crippen molar-refractivity contribution < 1.29 is 14.6 Å². The molecule has 0 unspecified atom stereocenters. The van der Waals surface area contributed by atoms with Gasteiger partial charge in [0.25, 0.3) is 0 Å². The van der Waals surface area contributed by atoms with Crippen LogP contribution < -0.4 is 0 Å². The van der Waals surface area contributed by atoms with Gasteiger partial charge in [0.1, 0.15) is 0 Å². The molecule has 158 valence electrons. The molecule has 0 saturated carbocycles. The van der Waals surface area contributed by atoms with E-state index < -0.39 is 5.97 Å². The molecule has 0 amide bonds. The SMILES string of the molecule is Cc1cccc(COCc2cn(Cc3ccc(C(=O)O)cc3)c(-c3ccc(Cl)s3)n2)c1. The van der Waals surface area contributed by atoms with Gasteiger partial charge in [0.2, 0.25) is 0 Å². The summed E-state index contributed by atoms with van der Waals surface area (Å²) >= 11 is 7.61. The first-order valence-electron chi connectivity index (χ1n) is 9.75. The van der Waals surface area contributed by atoms with E-state index in [1.807, 2.05) is 47.2 Å². The van der Waals surface area contributed by atoms with Crippen LogP contribution >= 0.6 is 22.9 Å². The third-order valence-electron chi connectivity index (χ3n) is 4.77. The zero-order chi connectivity index (χ0) is 21.8. The van der Waals surface area contributed by atoms with Crippen LogP contribution in [-0.4, -0.2) is 20.6 Å². The Morgan fingerprint density at radius 1 is 1.10 bits per heavy atom. The summed E-state index contributed by atoms with van der Waals surface area (Å²) in [5.74, 6) is -0.121. The highest BCUT2D eigenvalue weighted by atomic mass is 35.5. The molecular weight excluding hydrogens is 432 g/mol. The van der Waals surface area contributed by atoms with Crippen LogP contribution in [0, 0.1) is 6.92 Å². The number of aryl methyl sites for hydroxylation is 1. The Hall–Kier alpha value is -2.93. The average molecular weight is 453 g/mol. The normalized spacial score (nSPS) is 11.0. The van der Waals surface area contributed by atoms with Crippen molar-refractivity contribution in [3.05, 3.63) is 99.1 Å². The Morgan fingerprint density at radius 3 is 2.58 bits per heavy atom. The van der Waals surface area contributed by atoms with Crippen LogP contribution in [0.25, 0.3) is 10.7 Å². The fourth-order valence-corrected chi connectivity index (χ4v) is 4.36. The zero-order valence-electron chi connectivity index (χ0n) is 16.9. The quantitative estimate of drug-likeness (QED) is 0.354. The predicted octanol–water partition coefficient (Wildman–Crippen LogP) is 6.04. The van der Waals surface area contributed by atoms with E-state index in [0.29, 0.717) is 24.1 Å². The van der Waals surface area contributed by atoms with Gasteiger partial charge in [-0.2, -0.15) is 0 Å². The minimum Gasteiger partial charge on any atom is -0.478 e. The van der Waals surface area contributed by atoms with E-state index in [0.717, 1.165) is 27.5 Å². The molecule has 5 nitrogen and oxygen atoms in total. The van der Waals surface area contributed by atoms with Crippen molar-refractivity contribution in [3.8, 4) is 10.7 Å². The molecule has 0 aliphatic heterocycles. The summed E-state index contributed by atoms with van der Waals surface area (Å²) in [6.45, 7) is 3.54. The second-order valence-corrected chi connectivity index (χ2v) is 8.99. The maximum atomic E-state index is 11.1. The second kappa shape index (κ2) is 9.47. The molecule has 31 heavy (non-hydrogen) atoms. The van der Waals surface area contributed by atoms with E-state index in [4.69, 9.17) is 26.4 Å². The number of hydrogen-bond donors (Lipinski definition) is 1. The fraction of sp³-hybridized carbons (Fsp3) is 0.167. The van der Waals surface area contributed by atoms with Crippen molar-refractivity contribution in [3.63, 3.8) is 0 Å². The summed E-state index contributed by atoms with van der Waals surface area (Å²) in [5, 5.41) is 9.10. The molecular formula is C24H21ClN2O3S. The van der Waals surface area contributed by atoms with Gasteiger partial charge in [-0.25, -0.2) is 9.78 Å². The molecule has 2 aromatic carbocycles. The lowest BCUT2D eigenvalue weighted by molar-refractivity contribution is 0.0697. The monoisotopic (exact) mass is 452 g/mol. The highest BCUT2D eigenvalue weighted by Gasteiger charge is 2.14. The van der Waals surface area contributed by atoms with Crippen molar-refractivity contribution in [1.29, 1.82) is 0 Å². The number of halogens is 1. The summed E-state index contributed by atoms with van der Waals surface area (Å²) in [6.07, 6.45) is 1.98. The van der Waals surface area contributed by atoms with Crippen molar-refractivity contribution in [2.24, 2.45) is 0 Å². The number of carboxylic acids is 1. The lowest BCUT2D eigenvalue weighted by atomic mass is 10.1. The topological polar surface area (TPSA) is 64.3 Å². The van der Waals surface area contributed by atoms with Gasteiger partial charge in [-0.3, -0.25) is 0 Å². The van der Waals surface area contributed by atoms with Crippen LogP contribution in [0.4, 0.5) is 0 Å². The number of carboxylic acid groups (broad SMARTS) is 1. The van der Waals surface area contributed by atoms with Gasteiger partial charge in [-0.1, -0.05) is 53.6 Å². The Labute approximate surface area is 189 Å². The van der Waals surface area contributed by atoms with E-state index >= 15 is 0 Å². The molecule has 0 atom stereocenters. The minimum atomic E-state index is -0.934. The highest BCUT2D eigenvalue weighted by molar-refractivity contribution is 7.19. The number of rotatable bonds is 8. The summed E-state index contributed by atoms with van der Waals surface area (Å²) in [6, 6.07) is 18.9. The van der Waals surface area contributed by atoms with Crippen LogP contribution in [-0.2, 0) is 24.5 Å². The number of ether oxygens (including phenoxy) is 1. The first kappa shape index (κ1) is 21.3. The Kier molecular flexibility index (Phi) is 6.51. The summed E-state index contributed by atoms with van der Waals surface area (Å²) in [4.78, 5) is 16.8. The third-order valence-corrected chi connectivity index (χ3v) is 6.00. The number of aromatic nitrogens is 2. The van der Waals surface area contributed by atoms with Gasteiger partial charge in [-0.15, -0.1) is 11.3 Å². The van der Waals surface area contributed by atoms with Gasteiger partial charge in [0.05, 0.1) is 33.7 Å².